The molecule has 1 aromatic carbocycles. The van der Waals surface area contributed by atoms with Gasteiger partial charge >= 0.3 is 0 Å². The van der Waals surface area contributed by atoms with E-state index in [9.17, 15) is 0 Å². The van der Waals surface area contributed by atoms with E-state index in [4.69, 9.17) is 27.5 Å². The van der Waals surface area contributed by atoms with E-state index in [0.29, 0.717) is 17.4 Å². The molecule has 98 valence electrons. The van der Waals surface area contributed by atoms with Crippen molar-refractivity contribution in [3.05, 3.63) is 41.4 Å². The van der Waals surface area contributed by atoms with Crippen molar-refractivity contribution in [2.24, 2.45) is 10.8 Å². The lowest BCUT2D eigenvalue weighted by Gasteiger charge is -2.05. The zero-order chi connectivity index (χ0) is 12.7. The van der Waals surface area contributed by atoms with Gasteiger partial charge in [-0.1, -0.05) is 24.3 Å². The molecule has 0 spiro atoms. The van der Waals surface area contributed by atoms with Crippen LogP contribution in [0.5, 0.6) is 5.75 Å². The lowest BCUT2D eigenvalue weighted by molar-refractivity contribution is 0.363. The summed E-state index contributed by atoms with van der Waals surface area (Å²) >= 11 is 6.00. The Morgan fingerprint density at radius 1 is 1.61 bits per heavy atom. The fraction of sp³-hybridized carbons (Fsp3) is 0.0909. The smallest absolute Gasteiger partial charge is 0.206 e. The number of guanidine groups is 1. The monoisotopic (exact) mass is 288 g/mol. The Kier molecular flexibility index (Phi) is 7.58. The highest BCUT2D eigenvalue weighted by Gasteiger charge is 2.01. The van der Waals surface area contributed by atoms with Crippen molar-refractivity contribution in [1.29, 1.82) is 5.41 Å². The van der Waals surface area contributed by atoms with E-state index in [1.165, 1.54) is 6.21 Å². The average molecular weight is 289 g/mol. The molecular formula is C11H14Cl2N4O. The van der Waals surface area contributed by atoms with Crippen molar-refractivity contribution in [3.63, 3.8) is 0 Å². The summed E-state index contributed by atoms with van der Waals surface area (Å²) in [5.41, 5.74) is 8.15. The lowest BCUT2D eigenvalue weighted by atomic mass is 10.2. The molecule has 0 heterocycles. The number of nitrogens with one attached hydrogen (secondary N) is 2. The minimum absolute atomic E-state index is 0. The Labute approximate surface area is 117 Å². The molecule has 0 aromatic heterocycles. The fourth-order valence-electron chi connectivity index (χ4n) is 1.04. The number of benzene rings is 1. The van der Waals surface area contributed by atoms with Crippen LogP contribution in [0.25, 0.3) is 0 Å². The van der Waals surface area contributed by atoms with Crippen LogP contribution in [0.1, 0.15) is 5.56 Å². The Morgan fingerprint density at radius 3 is 2.89 bits per heavy atom. The van der Waals surface area contributed by atoms with Crippen LogP contribution in [0.3, 0.4) is 0 Å². The van der Waals surface area contributed by atoms with Gasteiger partial charge in [0.25, 0.3) is 0 Å². The Balaban J connectivity index is 0.00000289. The summed E-state index contributed by atoms with van der Waals surface area (Å²) in [5.74, 6) is 0.363. The van der Waals surface area contributed by atoms with E-state index in [1.807, 2.05) is 0 Å². The third-order valence-electron chi connectivity index (χ3n) is 1.71. The standard InChI is InChI=1S/C11H13ClN4O.ClH/c1-2-5-17-10-4-3-8(6-9(10)12)7-15-16-11(13)14;/h2-4,6-7H,1,5H2,(H4,13,14,16);1H. The molecule has 18 heavy (non-hydrogen) atoms. The van der Waals surface area contributed by atoms with Gasteiger partial charge in [-0.3, -0.25) is 5.41 Å². The van der Waals surface area contributed by atoms with Gasteiger partial charge in [0.15, 0.2) is 0 Å². The molecule has 1 aromatic rings. The minimum Gasteiger partial charge on any atom is -0.488 e. The first kappa shape index (κ1) is 16.3. The third kappa shape index (κ3) is 5.56. The van der Waals surface area contributed by atoms with Crippen molar-refractivity contribution in [2.75, 3.05) is 6.61 Å². The molecule has 0 fully saturated rings. The lowest BCUT2D eigenvalue weighted by Crippen LogP contribution is -2.25. The van der Waals surface area contributed by atoms with E-state index in [2.05, 4.69) is 17.1 Å². The summed E-state index contributed by atoms with van der Waals surface area (Å²) in [6, 6.07) is 5.22. The van der Waals surface area contributed by atoms with E-state index < -0.39 is 0 Å². The van der Waals surface area contributed by atoms with Crippen molar-refractivity contribution in [1.82, 2.24) is 5.43 Å². The van der Waals surface area contributed by atoms with Crippen LogP contribution in [-0.2, 0) is 0 Å². The van der Waals surface area contributed by atoms with Gasteiger partial charge in [-0.05, 0) is 23.8 Å². The maximum absolute atomic E-state index is 6.91. The fourth-order valence-corrected chi connectivity index (χ4v) is 1.28. The van der Waals surface area contributed by atoms with Crippen molar-refractivity contribution >= 4 is 36.2 Å². The van der Waals surface area contributed by atoms with Gasteiger partial charge in [0.2, 0.25) is 5.96 Å². The number of hydrazone groups is 1. The molecule has 0 unspecified atom stereocenters. The summed E-state index contributed by atoms with van der Waals surface area (Å²) in [6.45, 7) is 3.95. The first-order valence-corrected chi connectivity index (χ1v) is 5.17. The SMILES string of the molecule is C=CCOc1ccc(C=NNC(=N)N)cc1Cl.Cl. The maximum Gasteiger partial charge on any atom is 0.206 e. The van der Waals surface area contributed by atoms with Crippen LogP contribution >= 0.6 is 24.0 Å². The van der Waals surface area contributed by atoms with Gasteiger partial charge in [0, 0.05) is 0 Å². The van der Waals surface area contributed by atoms with Gasteiger partial charge < -0.3 is 10.5 Å². The zero-order valence-corrected chi connectivity index (χ0v) is 11.1. The molecule has 0 bridgehead atoms. The second-order valence-electron chi connectivity index (χ2n) is 3.07. The molecule has 0 aliphatic carbocycles. The average Bonchev–Trinajstić information content (AvgIpc) is 2.27. The predicted molar refractivity (Wildman–Crippen MR) is 77.0 cm³/mol. The number of nitrogens with zero attached hydrogens (tertiary/aromatic N) is 1. The normalized spacial score (nSPS) is 9.61. The van der Waals surface area contributed by atoms with Gasteiger partial charge in [-0.15, -0.1) is 12.4 Å². The molecule has 0 atom stereocenters. The van der Waals surface area contributed by atoms with Gasteiger partial charge in [0.1, 0.15) is 12.4 Å². The van der Waals surface area contributed by atoms with Gasteiger partial charge in [0.05, 0.1) is 11.2 Å². The van der Waals surface area contributed by atoms with Crippen LogP contribution in [0.4, 0.5) is 0 Å². The highest BCUT2D eigenvalue weighted by atomic mass is 35.5. The molecule has 0 radical (unpaired) electrons. The third-order valence-corrected chi connectivity index (χ3v) is 2.01. The number of halogens is 2. The van der Waals surface area contributed by atoms with Gasteiger partial charge in [-0.2, -0.15) is 5.10 Å². The molecule has 4 N–H and O–H groups in total. The predicted octanol–water partition coefficient (Wildman–Crippen LogP) is 2.14. The topological polar surface area (TPSA) is 83.5 Å². The molecule has 0 amide bonds. The number of rotatable bonds is 5. The Morgan fingerprint density at radius 2 is 2.33 bits per heavy atom. The molecule has 0 aliphatic rings. The van der Waals surface area contributed by atoms with E-state index in [1.54, 1.807) is 24.3 Å². The number of hydrogen-bond acceptors (Lipinski definition) is 3. The summed E-state index contributed by atoms with van der Waals surface area (Å²) in [4.78, 5) is 0. The molecule has 0 saturated carbocycles. The van der Waals surface area contributed by atoms with Crippen molar-refractivity contribution in [3.8, 4) is 5.75 Å². The second-order valence-corrected chi connectivity index (χ2v) is 3.48. The molecular weight excluding hydrogens is 275 g/mol. The van der Waals surface area contributed by atoms with Crippen LogP contribution in [0.2, 0.25) is 5.02 Å². The van der Waals surface area contributed by atoms with Crippen LogP contribution in [0.15, 0.2) is 36.0 Å². The Hall–Kier alpha value is -1.72. The maximum atomic E-state index is 6.91. The zero-order valence-electron chi connectivity index (χ0n) is 9.52. The second kappa shape index (κ2) is 8.38. The van der Waals surface area contributed by atoms with E-state index in [0.717, 1.165) is 5.56 Å². The molecule has 5 nitrogen and oxygen atoms in total. The first-order valence-electron chi connectivity index (χ1n) is 4.80. The van der Waals surface area contributed by atoms with E-state index >= 15 is 0 Å². The number of nitrogens with two attached hydrogens (primary N) is 1. The van der Waals surface area contributed by atoms with Crippen molar-refractivity contribution in [2.45, 2.75) is 0 Å². The molecule has 7 heteroatoms. The first-order chi connectivity index (χ1) is 8.13. The molecule has 0 saturated heterocycles. The molecule has 0 aliphatic heterocycles. The van der Waals surface area contributed by atoms with Crippen molar-refractivity contribution < 1.29 is 4.74 Å². The van der Waals surface area contributed by atoms with Crippen LogP contribution in [-0.4, -0.2) is 18.8 Å². The Bertz CT molecular complexity index is 449. The summed E-state index contributed by atoms with van der Waals surface area (Å²) in [7, 11) is 0. The van der Waals surface area contributed by atoms with Crippen LogP contribution in [0, 0.1) is 5.41 Å². The highest BCUT2D eigenvalue weighted by Crippen LogP contribution is 2.24. The number of ether oxygens (including phenoxy) is 1. The summed E-state index contributed by atoms with van der Waals surface area (Å²) < 4.78 is 5.32. The number of hydrogen-bond donors (Lipinski definition) is 3. The van der Waals surface area contributed by atoms with Gasteiger partial charge in [-0.25, -0.2) is 5.43 Å². The highest BCUT2D eigenvalue weighted by molar-refractivity contribution is 6.32. The minimum atomic E-state index is -0.224. The largest absolute Gasteiger partial charge is 0.488 e. The quantitative estimate of drug-likeness (QED) is 0.336. The molecule has 1 rings (SSSR count). The summed E-state index contributed by atoms with van der Waals surface area (Å²) in [6.07, 6.45) is 3.15. The van der Waals surface area contributed by atoms with E-state index in [-0.39, 0.29) is 18.4 Å². The van der Waals surface area contributed by atoms with Crippen LogP contribution < -0.4 is 15.9 Å². The summed E-state index contributed by atoms with van der Waals surface area (Å²) in [5, 5.41) is 11.1.